The molecule has 17 heavy (non-hydrogen) atoms. The number of nitrogens with two attached hydrogens (primary N) is 1. The summed E-state index contributed by atoms with van der Waals surface area (Å²) in [7, 11) is 0. The molecule has 0 fully saturated rings. The lowest BCUT2D eigenvalue weighted by Crippen LogP contribution is -2.54. The number of aliphatic hydroxyl groups is 1. The minimum Gasteiger partial charge on any atom is -0.394 e. The molecular weight excluding hydrogens is 237 g/mol. The quantitative estimate of drug-likeness (QED) is 0.626. The van der Waals surface area contributed by atoms with Gasteiger partial charge in [-0.1, -0.05) is 0 Å². The van der Waals surface area contributed by atoms with Gasteiger partial charge in [-0.2, -0.15) is 13.2 Å². The highest BCUT2D eigenvalue weighted by Gasteiger charge is 2.43. The summed E-state index contributed by atoms with van der Waals surface area (Å²) in [4.78, 5) is 1.26. The van der Waals surface area contributed by atoms with Gasteiger partial charge < -0.3 is 15.6 Å². The second-order valence-corrected chi connectivity index (χ2v) is 3.96. The number of hydrogen-bond acceptors (Lipinski definition) is 4. The largest absolute Gasteiger partial charge is 0.405 e. The van der Waals surface area contributed by atoms with Crippen molar-refractivity contribution in [3.8, 4) is 0 Å². The number of nitrogens with zero attached hydrogens (tertiary/aromatic N) is 1. The van der Waals surface area contributed by atoms with Crippen molar-refractivity contribution in [2.24, 2.45) is 5.73 Å². The molecule has 0 aromatic heterocycles. The van der Waals surface area contributed by atoms with Crippen LogP contribution in [0.2, 0.25) is 0 Å². The Morgan fingerprint density at radius 3 is 2.24 bits per heavy atom. The Hall–Kier alpha value is -0.370. The van der Waals surface area contributed by atoms with Crippen molar-refractivity contribution in [2.45, 2.75) is 32.1 Å². The lowest BCUT2D eigenvalue weighted by Gasteiger charge is -2.35. The molecule has 0 saturated heterocycles. The molecule has 0 heterocycles. The molecule has 1 unspecified atom stereocenters. The van der Waals surface area contributed by atoms with Crippen LogP contribution in [0.25, 0.3) is 0 Å². The molecular formula is C10H21F3N2O2. The minimum absolute atomic E-state index is 0.130. The first kappa shape index (κ1) is 16.6. The van der Waals surface area contributed by atoms with Crippen LogP contribution in [-0.4, -0.2) is 61.2 Å². The number of ether oxygens (including phenoxy) is 1. The van der Waals surface area contributed by atoms with Crippen molar-refractivity contribution in [1.29, 1.82) is 0 Å². The molecule has 0 rings (SSSR count). The summed E-state index contributed by atoms with van der Waals surface area (Å²) in [5.74, 6) is 0. The van der Waals surface area contributed by atoms with E-state index in [9.17, 15) is 13.2 Å². The fraction of sp³-hybridized carbons (Fsp3) is 1.00. The van der Waals surface area contributed by atoms with Crippen molar-refractivity contribution in [2.75, 3.05) is 32.9 Å². The molecule has 1 atom stereocenters. The molecule has 7 heteroatoms. The average molecular weight is 258 g/mol. The van der Waals surface area contributed by atoms with Crippen molar-refractivity contribution < 1.29 is 23.0 Å². The summed E-state index contributed by atoms with van der Waals surface area (Å²) < 4.78 is 43.1. The van der Waals surface area contributed by atoms with Crippen LogP contribution in [-0.2, 0) is 4.74 Å². The zero-order chi connectivity index (χ0) is 13.5. The van der Waals surface area contributed by atoms with Crippen LogP contribution in [0.15, 0.2) is 0 Å². The highest BCUT2D eigenvalue weighted by molar-refractivity contribution is 4.81. The summed E-state index contributed by atoms with van der Waals surface area (Å²) in [5, 5.41) is 8.49. The third-order valence-electron chi connectivity index (χ3n) is 2.39. The Bertz CT molecular complexity index is 200. The molecule has 0 bridgehead atoms. The van der Waals surface area contributed by atoms with Gasteiger partial charge in [0.15, 0.2) is 0 Å². The first-order valence-corrected chi connectivity index (χ1v) is 5.55. The Morgan fingerprint density at radius 1 is 1.29 bits per heavy atom. The first-order valence-electron chi connectivity index (χ1n) is 5.55. The van der Waals surface area contributed by atoms with Gasteiger partial charge in [0.2, 0.25) is 0 Å². The molecule has 0 aromatic carbocycles. The van der Waals surface area contributed by atoms with Crippen LogP contribution in [0, 0.1) is 0 Å². The van der Waals surface area contributed by atoms with Gasteiger partial charge in [0.1, 0.15) is 6.04 Å². The number of rotatable bonds is 8. The van der Waals surface area contributed by atoms with E-state index in [1.54, 1.807) is 13.8 Å². The molecule has 0 saturated carbocycles. The van der Waals surface area contributed by atoms with E-state index >= 15 is 0 Å². The topological polar surface area (TPSA) is 58.7 Å². The van der Waals surface area contributed by atoms with Crippen molar-refractivity contribution in [3.63, 3.8) is 0 Å². The van der Waals surface area contributed by atoms with Gasteiger partial charge in [-0.05, 0) is 13.8 Å². The Labute approximate surface area is 99.5 Å². The maximum atomic E-state index is 12.7. The average Bonchev–Trinajstić information content (AvgIpc) is 2.20. The first-order chi connectivity index (χ1) is 7.84. The van der Waals surface area contributed by atoms with Crippen LogP contribution < -0.4 is 5.73 Å². The standard InChI is InChI=1S/C10H21F3N2O2/c1-8(2)15(3-5-17-6-4-16)9(7-14)10(11,12)13/h8-9,16H,3-7,14H2,1-2H3. The normalized spacial score (nSPS) is 14.6. The van der Waals surface area contributed by atoms with Gasteiger partial charge in [-0.3, -0.25) is 4.90 Å². The van der Waals surface area contributed by atoms with E-state index in [1.165, 1.54) is 4.90 Å². The fourth-order valence-corrected chi connectivity index (χ4v) is 1.57. The SMILES string of the molecule is CC(C)N(CCOCCO)C(CN)C(F)(F)F. The van der Waals surface area contributed by atoms with E-state index < -0.39 is 18.8 Å². The molecule has 4 nitrogen and oxygen atoms in total. The molecule has 0 aliphatic heterocycles. The molecule has 0 radical (unpaired) electrons. The lowest BCUT2D eigenvalue weighted by atomic mass is 10.2. The number of aliphatic hydroxyl groups excluding tert-OH is 1. The Balaban J connectivity index is 4.39. The van der Waals surface area contributed by atoms with Crippen molar-refractivity contribution in [3.05, 3.63) is 0 Å². The van der Waals surface area contributed by atoms with Crippen LogP contribution in [0.5, 0.6) is 0 Å². The summed E-state index contributed by atoms with van der Waals surface area (Å²) in [6, 6.07) is -1.93. The maximum absolute atomic E-state index is 12.7. The van der Waals surface area contributed by atoms with Crippen LogP contribution in [0.1, 0.15) is 13.8 Å². The third kappa shape index (κ3) is 6.21. The zero-order valence-electron chi connectivity index (χ0n) is 10.2. The van der Waals surface area contributed by atoms with Crippen LogP contribution in [0.3, 0.4) is 0 Å². The smallest absolute Gasteiger partial charge is 0.394 e. The van der Waals surface area contributed by atoms with E-state index in [2.05, 4.69) is 0 Å². The van der Waals surface area contributed by atoms with Crippen molar-refractivity contribution in [1.82, 2.24) is 4.90 Å². The molecule has 0 aliphatic rings. The highest BCUT2D eigenvalue weighted by atomic mass is 19.4. The van der Waals surface area contributed by atoms with Gasteiger partial charge in [0, 0.05) is 19.1 Å². The summed E-state index contributed by atoms with van der Waals surface area (Å²) in [6.45, 7) is 3.17. The second-order valence-electron chi connectivity index (χ2n) is 3.96. The van der Waals surface area contributed by atoms with E-state index in [1.807, 2.05) is 0 Å². The summed E-state index contributed by atoms with van der Waals surface area (Å²) >= 11 is 0. The molecule has 0 aromatic rings. The van der Waals surface area contributed by atoms with Crippen molar-refractivity contribution >= 4 is 0 Å². The fourth-order valence-electron chi connectivity index (χ4n) is 1.57. The van der Waals surface area contributed by atoms with Gasteiger partial charge in [-0.15, -0.1) is 0 Å². The van der Waals surface area contributed by atoms with Gasteiger partial charge in [0.25, 0.3) is 0 Å². The molecule has 0 aliphatic carbocycles. The van der Waals surface area contributed by atoms with E-state index in [4.69, 9.17) is 15.6 Å². The van der Waals surface area contributed by atoms with E-state index in [0.717, 1.165) is 0 Å². The minimum atomic E-state index is -4.34. The summed E-state index contributed by atoms with van der Waals surface area (Å²) in [5.41, 5.74) is 5.19. The summed E-state index contributed by atoms with van der Waals surface area (Å²) in [6.07, 6.45) is -4.34. The van der Waals surface area contributed by atoms with Gasteiger partial charge in [0.05, 0.1) is 19.8 Å². The second kappa shape index (κ2) is 7.86. The molecule has 0 amide bonds. The predicted molar refractivity (Wildman–Crippen MR) is 58.6 cm³/mol. The number of hydrogen-bond donors (Lipinski definition) is 2. The van der Waals surface area contributed by atoms with E-state index in [-0.39, 0.29) is 32.4 Å². The highest BCUT2D eigenvalue weighted by Crippen LogP contribution is 2.25. The van der Waals surface area contributed by atoms with Crippen LogP contribution in [0.4, 0.5) is 13.2 Å². The Morgan fingerprint density at radius 2 is 1.88 bits per heavy atom. The molecule has 104 valence electrons. The maximum Gasteiger partial charge on any atom is 0.405 e. The Kier molecular flexibility index (Phi) is 7.69. The van der Waals surface area contributed by atoms with E-state index in [0.29, 0.717) is 0 Å². The van der Waals surface area contributed by atoms with Crippen LogP contribution >= 0.6 is 0 Å². The monoisotopic (exact) mass is 258 g/mol. The predicted octanol–water partition coefficient (Wildman–Crippen LogP) is 0.595. The number of alkyl halides is 3. The number of halogens is 3. The zero-order valence-corrected chi connectivity index (χ0v) is 10.2. The molecule has 3 N–H and O–H groups in total. The van der Waals surface area contributed by atoms with Gasteiger partial charge >= 0.3 is 6.18 Å². The van der Waals surface area contributed by atoms with Gasteiger partial charge in [-0.25, -0.2) is 0 Å². The lowest BCUT2D eigenvalue weighted by molar-refractivity contribution is -0.187. The third-order valence-corrected chi connectivity index (χ3v) is 2.39. The molecule has 0 spiro atoms.